The van der Waals surface area contributed by atoms with Gasteiger partial charge in [0.05, 0.1) is 0 Å². The van der Waals surface area contributed by atoms with Crippen molar-refractivity contribution >= 4 is 0 Å². The van der Waals surface area contributed by atoms with E-state index in [-0.39, 0.29) is 0 Å². The minimum absolute atomic E-state index is 1.19. The Morgan fingerprint density at radius 2 is 0.613 bits per heavy atom. The Kier molecular flexibility index (Phi) is 7.71. The predicted octanol–water partition coefficient (Wildman–Crippen LogP) is 8.76. The van der Waals surface area contributed by atoms with Crippen molar-refractivity contribution in [2.45, 2.75) is 44.9 Å². The molecule has 0 saturated carbocycles. The summed E-state index contributed by atoms with van der Waals surface area (Å²) in [6, 6.07) is 39.4. The monoisotopic (exact) mass is 404 g/mol. The van der Waals surface area contributed by atoms with E-state index in [2.05, 4.69) is 109 Å². The zero-order valence-electron chi connectivity index (χ0n) is 18.3. The van der Waals surface area contributed by atoms with E-state index in [9.17, 15) is 0 Å². The van der Waals surface area contributed by atoms with Crippen LogP contribution in [0.1, 0.15) is 43.2 Å². The van der Waals surface area contributed by atoms with E-state index in [4.69, 9.17) is 0 Å². The number of rotatable bonds is 10. The zero-order valence-corrected chi connectivity index (χ0v) is 18.3. The molecule has 0 aliphatic rings. The summed E-state index contributed by atoms with van der Waals surface area (Å²) in [7, 11) is 0. The number of hydrogen-bond acceptors (Lipinski definition) is 0. The van der Waals surface area contributed by atoms with E-state index in [1.807, 2.05) is 0 Å². The van der Waals surface area contributed by atoms with Gasteiger partial charge in [0.1, 0.15) is 0 Å². The van der Waals surface area contributed by atoms with Crippen LogP contribution in [0.3, 0.4) is 0 Å². The van der Waals surface area contributed by atoms with E-state index in [0.717, 1.165) is 0 Å². The van der Waals surface area contributed by atoms with Crippen LogP contribution in [-0.2, 0) is 12.8 Å². The first-order chi connectivity index (χ1) is 15.4. The Hall–Kier alpha value is -3.12. The highest BCUT2D eigenvalue weighted by Crippen LogP contribution is 2.21. The molecule has 31 heavy (non-hydrogen) atoms. The third-order valence-electron chi connectivity index (χ3n) is 6.05. The zero-order chi connectivity index (χ0) is 21.1. The molecule has 0 aromatic heterocycles. The van der Waals surface area contributed by atoms with Crippen LogP contribution >= 0.6 is 0 Å². The molecule has 0 aliphatic carbocycles. The Bertz CT molecular complexity index is 926. The van der Waals surface area contributed by atoms with Gasteiger partial charge >= 0.3 is 0 Å². The molecule has 0 fully saturated rings. The SMILES string of the molecule is c1ccc(-c2ccc(CCCCCCCc3ccc(-c4ccccc4)cc3)cc2)cc1. The number of hydrogen-bond donors (Lipinski definition) is 0. The number of aryl methyl sites for hydroxylation is 2. The van der Waals surface area contributed by atoms with E-state index in [1.165, 1.54) is 78.3 Å². The largest absolute Gasteiger partial charge is 0.0622 e. The van der Waals surface area contributed by atoms with Gasteiger partial charge in [-0.2, -0.15) is 0 Å². The highest BCUT2D eigenvalue weighted by Gasteiger charge is 2.00. The van der Waals surface area contributed by atoms with Crippen LogP contribution in [0.5, 0.6) is 0 Å². The van der Waals surface area contributed by atoms with Gasteiger partial charge in [-0.15, -0.1) is 0 Å². The second-order valence-corrected chi connectivity index (χ2v) is 8.39. The maximum absolute atomic E-state index is 2.29. The van der Waals surface area contributed by atoms with Gasteiger partial charge in [-0.1, -0.05) is 128 Å². The van der Waals surface area contributed by atoms with Crippen LogP contribution in [0.25, 0.3) is 22.3 Å². The standard InChI is InChI=1S/C31H32/c1(2-6-12-26-18-22-30(23-19-26)28-14-8-4-9-15-28)3-7-13-27-20-24-31(25-21-27)29-16-10-5-11-17-29/h4-5,8-11,14-25H,1-3,6-7,12-13H2. The highest BCUT2D eigenvalue weighted by molar-refractivity contribution is 5.64. The van der Waals surface area contributed by atoms with E-state index in [1.54, 1.807) is 0 Å². The summed E-state index contributed by atoms with van der Waals surface area (Å²) in [6.07, 6.45) is 8.95. The topological polar surface area (TPSA) is 0 Å². The molecule has 156 valence electrons. The molecule has 0 nitrogen and oxygen atoms in total. The van der Waals surface area contributed by atoms with Crippen molar-refractivity contribution in [1.82, 2.24) is 0 Å². The van der Waals surface area contributed by atoms with Crippen molar-refractivity contribution in [2.24, 2.45) is 0 Å². The van der Waals surface area contributed by atoms with E-state index < -0.39 is 0 Å². The molecular formula is C31H32. The Balaban J connectivity index is 1.11. The van der Waals surface area contributed by atoms with Crippen LogP contribution in [-0.4, -0.2) is 0 Å². The smallest absolute Gasteiger partial charge is 0.0184 e. The van der Waals surface area contributed by atoms with Crippen LogP contribution in [0.4, 0.5) is 0 Å². The van der Waals surface area contributed by atoms with Gasteiger partial charge in [0, 0.05) is 0 Å². The maximum Gasteiger partial charge on any atom is -0.0184 e. The van der Waals surface area contributed by atoms with Gasteiger partial charge in [0.15, 0.2) is 0 Å². The Labute approximate surface area is 187 Å². The molecular weight excluding hydrogens is 372 g/mol. The van der Waals surface area contributed by atoms with Crippen LogP contribution in [0.2, 0.25) is 0 Å². The average Bonchev–Trinajstić information content (AvgIpc) is 2.85. The first-order valence-electron chi connectivity index (χ1n) is 11.7. The van der Waals surface area contributed by atoms with Crippen molar-refractivity contribution in [3.05, 3.63) is 120 Å². The molecule has 0 amide bonds. The van der Waals surface area contributed by atoms with Gasteiger partial charge in [-0.25, -0.2) is 0 Å². The molecule has 0 unspecified atom stereocenters. The molecule has 0 atom stereocenters. The number of benzene rings is 4. The summed E-state index contributed by atoms with van der Waals surface area (Å²) >= 11 is 0. The van der Waals surface area contributed by atoms with Crippen LogP contribution < -0.4 is 0 Å². The lowest BCUT2D eigenvalue weighted by atomic mass is 9.99. The molecule has 0 aliphatic heterocycles. The van der Waals surface area contributed by atoms with E-state index >= 15 is 0 Å². The molecule has 0 bridgehead atoms. The lowest BCUT2D eigenvalue weighted by Gasteiger charge is -2.06. The molecule has 0 heteroatoms. The fourth-order valence-corrected chi connectivity index (χ4v) is 4.18. The quantitative estimate of drug-likeness (QED) is 0.232. The molecule has 0 spiro atoms. The highest BCUT2D eigenvalue weighted by atomic mass is 14.1. The van der Waals surface area contributed by atoms with E-state index in [0.29, 0.717) is 0 Å². The van der Waals surface area contributed by atoms with Gasteiger partial charge in [0.2, 0.25) is 0 Å². The van der Waals surface area contributed by atoms with Crippen LogP contribution in [0, 0.1) is 0 Å². The minimum Gasteiger partial charge on any atom is -0.0622 e. The Morgan fingerprint density at radius 1 is 0.290 bits per heavy atom. The normalized spacial score (nSPS) is 10.8. The van der Waals surface area contributed by atoms with Gasteiger partial charge in [-0.05, 0) is 59.1 Å². The summed E-state index contributed by atoms with van der Waals surface area (Å²) in [5.74, 6) is 0. The first-order valence-corrected chi connectivity index (χ1v) is 11.7. The molecule has 0 radical (unpaired) electrons. The van der Waals surface area contributed by atoms with Crippen molar-refractivity contribution in [3.8, 4) is 22.3 Å². The summed E-state index contributed by atoms with van der Waals surface area (Å²) in [6.45, 7) is 0. The lowest BCUT2D eigenvalue weighted by Crippen LogP contribution is -1.89. The lowest BCUT2D eigenvalue weighted by molar-refractivity contribution is 0.613. The molecule has 4 aromatic carbocycles. The maximum atomic E-state index is 2.29. The molecule has 4 rings (SSSR count). The summed E-state index contributed by atoms with van der Waals surface area (Å²) in [5, 5.41) is 0. The fourth-order valence-electron chi connectivity index (χ4n) is 4.18. The average molecular weight is 405 g/mol. The molecule has 0 N–H and O–H groups in total. The second-order valence-electron chi connectivity index (χ2n) is 8.39. The van der Waals surface area contributed by atoms with Gasteiger partial charge in [0.25, 0.3) is 0 Å². The molecule has 0 saturated heterocycles. The minimum atomic E-state index is 1.19. The molecule has 0 heterocycles. The molecule has 4 aromatic rings. The van der Waals surface area contributed by atoms with Crippen molar-refractivity contribution < 1.29 is 0 Å². The van der Waals surface area contributed by atoms with Crippen molar-refractivity contribution in [1.29, 1.82) is 0 Å². The van der Waals surface area contributed by atoms with Crippen molar-refractivity contribution in [3.63, 3.8) is 0 Å². The number of unbranched alkanes of at least 4 members (excludes halogenated alkanes) is 4. The summed E-state index contributed by atoms with van der Waals surface area (Å²) in [5.41, 5.74) is 8.12. The predicted molar refractivity (Wildman–Crippen MR) is 134 cm³/mol. The third-order valence-corrected chi connectivity index (χ3v) is 6.05. The van der Waals surface area contributed by atoms with Gasteiger partial charge < -0.3 is 0 Å². The van der Waals surface area contributed by atoms with Gasteiger partial charge in [-0.3, -0.25) is 0 Å². The second kappa shape index (κ2) is 11.3. The van der Waals surface area contributed by atoms with Crippen molar-refractivity contribution in [2.75, 3.05) is 0 Å². The summed E-state index contributed by atoms with van der Waals surface area (Å²) < 4.78 is 0. The summed E-state index contributed by atoms with van der Waals surface area (Å²) in [4.78, 5) is 0. The van der Waals surface area contributed by atoms with Crippen LogP contribution in [0.15, 0.2) is 109 Å². The fraction of sp³-hybridized carbons (Fsp3) is 0.226. The first kappa shape index (κ1) is 21.1. The third kappa shape index (κ3) is 6.43. The Morgan fingerprint density at radius 3 is 1.00 bits per heavy atom.